The topological polar surface area (TPSA) is 97.4 Å². The number of ether oxygens (including phenoxy) is 5. The standard InChI is InChI=1S/C22H22O8/c1-11(23)28-17-8-14-6-7-15-9-19(26-4)21(27-5)22(30-13(3)25)20(15)16(14)10-18(17)29-12(2)24/h8-10H,6-7H2,1-5H3. The lowest BCUT2D eigenvalue weighted by Crippen LogP contribution is -2.13. The molecule has 2 aromatic rings. The van der Waals surface area contributed by atoms with E-state index >= 15 is 0 Å². The van der Waals surface area contributed by atoms with Crippen molar-refractivity contribution in [2.24, 2.45) is 0 Å². The van der Waals surface area contributed by atoms with Gasteiger partial charge in [-0.25, -0.2) is 0 Å². The maximum Gasteiger partial charge on any atom is 0.308 e. The van der Waals surface area contributed by atoms with E-state index in [2.05, 4.69) is 0 Å². The quantitative estimate of drug-likeness (QED) is 0.543. The first-order chi connectivity index (χ1) is 14.2. The number of carbonyl (C=O) groups excluding carboxylic acids is 3. The molecule has 3 rings (SSSR count). The number of fused-ring (bicyclic) bond motifs is 3. The maximum absolute atomic E-state index is 11.8. The molecule has 158 valence electrons. The summed E-state index contributed by atoms with van der Waals surface area (Å²) in [6.07, 6.45) is 1.26. The molecule has 8 heteroatoms. The van der Waals surface area contributed by atoms with Crippen molar-refractivity contribution in [3.05, 3.63) is 29.3 Å². The molecule has 30 heavy (non-hydrogen) atoms. The van der Waals surface area contributed by atoms with E-state index in [9.17, 15) is 14.4 Å². The van der Waals surface area contributed by atoms with Crippen LogP contribution in [0.1, 0.15) is 31.9 Å². The molecule has 1 aliphatic carbocycles. The van der Waals surface area contributed by atoms with Gasteiger partial charge in [0.1, 0.15) is 0 Å². The average molecular weight is 414 g/mol. The minimum absolute atomic E-state index is 0.0906. The van der Waals surface area contributed by atoms with Crippen molar-refractivity contribution in [2.45, 2.75) is 33.6 Å². The minimum atomic E-state index is -0.563. The van der Waals surface area contributed by atoms with Gasteiger partial charge in [-0.05, 0) is 47.7 Å². The SMILES string of the molecule is COc1cc2c(c(OC(C)=O)c1OC)-c1cc(OC(C)=O)c(OC(C)=O)cc1CC2. The Balaban J connectivity index is 2.30. The lowest BCUT2D eigenvalue weighted by atomic mass is 9.84. The molecule has 8 nitrogen and oxygen atoms in total. The second-order valence-electron chi connectivity index (χ2n) is 6.71. The third-order valence-electron chi connectivity index (χ3n) is 4.56. The monoisotopic (exact) mass is 414 g/mol. The summed E-state index contributed by atoms with van der Waals surface area (Å²) in [5.74, 6) is -0.451. The predicted octanol–water partition coefficient (Wildman–Crippen LogP) is 3.25. The number of hydrogen-bond donors (Lipinski definition) is 0. The van der Waals surface area contributed by atoms with Crippen molar-refractivity contribution >= 4 is 17.9 Å². The molecule has 1 aliphatic rings. The molecule has 2 aromatic carbocycles. The Morgan fingerprint density at radius 2 is 1.20 bits per heavy atom. The Morgan fingerprint density at radius 1 is 0.667 bits per heavy atom. The fourth-order valence-electron chi connectivity index (χ4n) is 3.53. The molecule has 0 unspecified atom stereocenters. The Hall–Kier alpha value is -3.55. The van der Waals surface area contributed by atoms with Gasteiger partial charge in [-0.15, -0.1) is 0 Å². The van der Waals surface area contributed by atoms with Crippen LogP contribution in [-0.4, -0.2) is 32.1 Å². The van der Waals surface area contributed by atoms with Gasteiger partial charge in [0, 0.05) is 26.3 Å². The number of hydrogen-bond acceptors (Lipinski definition) is 8. The fourth-order valence-corrected chi connectivity index (χ4v) is 3.53. The second kappa shape index (κ2) is 8.44. The van der Waals surface area contributed by atoms with Crippen molar-refractivity contribution in [3.63, 3.8) is 0 Å². The third kappa shape index (κ3) is 4.07. The number of rotatable bonds is 5. The molecular formula is C22H22O8. The number of carbonyl (C=O) groups is 3. The van der Waals surface area contributed by atoms with E-state index in [0.29, 0.717) is 29.7 Å². The summed E-state index contributed by atoms with van der Waals surface area (Å²) in [6, 6.07) is 5.09. The van der Waals surface area contributed by atoms with Crippen molar-refractivity contribution in [1.29, 1.82) is 0 Å². The molecule has 0 radical (unpaired) electrons. The predicted molar refractivity (Wildman–Crippen MR) is 106 cm³/mol. The number of esters is 3. The van der Waals surface area contributed by atoms with Crippen LogP contribution < -0.4 is 23.7 Å². The lowest BCUT2D eigenvalue weighted by Gasteiger charge is -2.26. The average Bonchev–Trinajstić information content (AvgIpc) is 2.66. The van der Waals surface area contributed by atoms with Crippen LogP contribution in [0.5, 0.6) is 28.7 Å². The van der Waals surface area contributed by atoms with Crippen molar-refractivity contribution in [3.8, 4) is 39.9 Å². The Morgan fingerprint density at radius 3 is 1.73 bits per heavy atom. The maximum atomic E-state index is 11.8. The summed E-state index contributed by atoms with van der Waals surface area (Å²) >= 11 is 0. The molecule has 0 saturated carbocycles. The van der Waals surface area contributed by atoms with Crippen molar-refractivity contribution in [1.82, 2.24) is 0 Å². The zero-order valence-corrected chi connectivity index (χ0v) is 17.4. The molecule has 0 fully saturated rings. The highest BCUT2D eigenvalue weighted by molar-refractivity contribution is 5.88. The highest BCUT2D eigenvalue weighted by Crippen LogP contribution is 2.51. The molecule has 0 saturated heterocycles. The Labute approximate surface area is 173 Å². The summed E-state index contributed by atoms with van der Waals surface area (Å²) in [5, 5.41) is 0. The van der Waals surface area contributed by atoms with Crippen molar-refractivity contribution < 1.29 is 38.1 Å². The van der Waals surface area contributed by atoms with E-state index in [1.165, 1.54) is 35.0 Å². The van der Waals surface area contributed by atoms with Crippen LogP contribution in [-0.2, 0) is 27.2 Å². The zero-order chi connectivity index (χ0) is 22.0. The molecule has 0 atom stereocenters. The smallest absolute Gasteiger partial charge is 0.308 e. The van der Waals surface area contributed by atoms with Gasteiger partial charge < -0.3 is 23.7 Å². The Kier molecular flexibility index (Phi) is 5.96. The first-order valence-electron chi connectivity index (χ1n) is 9.25. The molecule has 0 N–H and O–H groups in total. The van der Waals surface area contributed by atoms with Crippen molar-refractivity contribution in [2.75, 3.05) is 14.2 Å². The van der Waals surface area contributed by atoms with Gasteiger partial charge in [0.25, 0.3) is 0 Å². The summed E-state index contributed by atoms with van der Waals surface area (Å²) in [4.78, 5) is 34.9. The van der Waals surface area contributed by atoms with E-state index in [0.717, 1.165) is 11.1 Å². The molecular weight excluding hydrogens is 392 g/mol. The summed E-state index contributed by atoms with van der Waals surface area (Å²) in [5.41, 5.74) is 3.04. The highest BCUT2D eigenvalue weighted by atomic mass is 16.6. The van der Waals surface area contributed by atoms with Gasteiger partial charge in [-0.1, -0.05) is 0 Å². The molecule has 0 aromatic heterocycles. The summed E-state index contributed by atoms with van der Waals surface area (Å²) in [7, 11) is 2.96. The molecule has 0 aliphatic heterocycles. The third-order valence-corrected chi connectivity index (χ3v) is 4.56. The largest absolute Gasteiger partial charge is 0.493 e. The summed E-state index contributed by atoms with van der Waals surface area (Å²) < 4.78 is 26.9. The lowest BCUT2D eigenvalue weighted by molar-refractivity contribution is -0.134. The molecule has 0 heterocycles. The first-order valence-corrected chi connectivity index (χ1v) is 9.25. The van der Waals surface area contributed by atoms with E-state index in [4.69, 9.17) is 23.7 Å². The highest BCUT2D eigenvalue weighted by Gasteiger charge is 2.29. The van der Waals surface area contributed by atoms with Crippen LogP contribution in [0.15, 0.2) is 18.2 Å². The second-order valence-corrected chi connectivity index (χ2v) is 6.71. The van der Waals surface area contributed by atoms with E-state index in [-0.39, 0.29) is 23.0 Å². The number of methoxy groups -OCH3 is 2. The summed E-state index contributed by atoms with van der Waals surface area (Å²) in [6.45, 7) is 3.81. The van der Waals surface area contributed by atoms with Crippen LogP contribution >= 0.6 is 0 Å². The van der Waals surface area contributed by atoms with E-state index in [1.54, 1.807) is 12.1 Å². The molecule has 0 bridgehead atoms. The van der Waals surface area contributed by atoms with Gasteiger partial charge in [0.2, 0.25) is 5.75 Å². The number of aryl methyl sites for hydroxylation is 2. The van der Waals surface area contributed by atoms with Gasteiger partial charge in [0.05, 0.1) is 14.2 Å². The van der Waals surface area contributed by atoms with Crippen LogP contribution in [0.4, 0.5) is 0 Å². The minimum Gasteiger partial charge on any atom is -0.493 e. The van der Waals surface area contributed by atoms with E-state index in [1.807, 2.05) is 6.07 Å². The molecule has 0 amide bonds. The normalized spacial score (nSPS) is 11.6. The zero-order valence-electron chi connectivity index (χ0n) is 17.4. The Bertz CT molecular complexity index is 1040. The van der Waals surface area contributed by atoms with Crippen LogP contribution in [0, 0.1) is 0 Å². The van der Waals surface area contributed by atoms with Crippen LogP contribution in [0.2, 0.25) is 0 Å². The fraction of sp³-hybridized carbons (Fsp3) is 0.318. The number of benzene rings is 2. The van der Waals surface area contributed by atoms with E-state index < -0.39 is 17.9 Å². The van der Waals surface area contributed by atoms with Gasteiger partial charge in [-0.3, -0.25) is 14.4 Å². The molecule has 0 spiro atoms. The van der Waals surface area contributed by atoms with Gasteiger partial charge in [0.15, 0.2) is 23.0 Å². The first kappa shape index (κ1) is 21.2. The van der Waals surface area contributed by atoms with Gasteiger partial charge in [-0.2, -0.15) is 0 Å². The van der Waals surface area contributed by atoms with Gasteiger partial charge >= 0.3 is 17.9 Å². The van der Waals surface area contributed by atoms with Crippen LogP contribution in [0.3, 0.4) is 0 Å². The van der Waals surface area contributed by atoms with Crippen LogP contribution in [0.25, 0.3) is 11.1 Å².